The van der Waals surface area contributed by atoms with Crippen LogP contribution in [-0.2, 0) is 14.3 Å². The topological polar surface area (TPSA) is 108 Å². The van der Waals surface area contributed by atoms with E-state index in [2.05, 4.69) is 19.9 Å². The van der Waals surface area contributed by atoms with Crippen LogP contribution in [0.4, 0.5) is 8.78 Å². The summed E-state index contributed by atoms with van der Waals surface area (Å²) in [6.45, 7) is -3.33. The van der Waals surface area contributed by atoms with Crippen LogP contribution in [0.25, 0.3) is 5.69 Å². The van der Waals surface area contributed by atoms with Gasteiger partial charge in [0.25, 0.3) is 0 Å². The first kappa shape index (κ1) is 19.3. The highest BCUT2D eigenvalue weighted by molar-refractivity contribution is 5.79. The second-order valence-corrected chi connectivity index (χ2v) is 5.19. The normalized spacial score (nSPS) is 11.9. The van der Waals surface area contributed by atoms with Gasteiger partial charge in [0.15, 0.2) is 0 Å². The highest BCUT2D eigenvalue weighted by atomic mass is 19.3. The van der Waals surface area contributed by atoms with Crippen molar-refractivity contribution in [2.45, 2.75) is 19.1 Å². The highest BCUT2D eigenvalue weighted by Gasteiger charge is 2.21. The van der Waals surface area contributed by atoms with Crippen LogP contribution in [0.15, 0.2) is 36.7 Å². The van der Waals surface area contributed by atoms with E-state index in [-0.39, 0.29) is 18.7 Å². The third-order valence-corrected chi connectivity index (χ3v) is 3.43. The number of nitrogens with one attached hydrogen (secondary N) is 1. The number of methoxy groups -OCH3 is 1. The minimum Gasteiger partial charge on any atom is -0.469 e. The van der Waals surface area contributed by atoms with Crippen molar-refractivity contribution in [1.82, 2.24) is 15.1 Å². The van der Waals surface area contributed by atoms with Crippen molar-refractivity contribution < 1.29 is 27.8 Å². The van der Waals surface area contributed by atoms with Crippen LogP contribution in [-0.4, -0.2) is 41.9 Å². The van der Waals surface area contributed by atoms with E-state index in [1.807, 2.05) is 0 Å². The summed E-state index contributed by atoms with van der Waals surface area (Å²) >= 11 is 0. The lowest BCUT2D eigenvalue weighted by molar-refractivity contribution is -0.141. The van der Waals surface area contributed by atoms with Gasteiger partial charge in [-0.2, -0.15) is 13.9 Å². The number of aromatic nitrogens is 2. The Morgan fingerprint density at radius 1 is 1.35 bits per heavy atom. The lowest BCUT2D eigenvalue weighted by atomic mass is 10.0. The molecule has 2 aromatic rings. The summed E-state index contributed by atoms with van der Waals surface area (Å²) in [5, 5.41) is 6.60. The first-order chi connectivity index (χ1) is 12.4. The number of amides is 1. The molecule has 26 heavy (non-hydrogen) atoms. The third kappa shape index (κ3) is 5.24. The van der Waals surface area contributed by atoms with Crippen molar-refractivity contribution in [1.29, 1.82) is 0 Å². The summed E-state index contributed by atoms with van der Waals surface area (Å²) in [7, 11) is 1.20. The number of halogens is 2. The van der Waals surface area contributed by atoms with Gasteiger partial charge in [0.05, 0.1) is 31.8 Å². The standard InChI is InChI=1S/C16H18F2N4O4/c1-25-15(24)8-13(21-14(23)9-19)10-5-11(22-4-2-3-20-22)7-12(6-10)26-16(17)18/h2-7,13,16H,8-9,19H2,1H3,(H,21,23)/t13-/m0/s1. The lowest BCUT2D eigenvalue weighted by Gasteiger charge is -2.20. The average molecular weight is 368 g/mol. The Balaban J connectivity index is 2.45. The van der Waals surface area contributed by atoms with E-state index in [0.29, 0.717) is 11.3 Å². The molecule has 3 N–H and O–H groups in total. The van der Waals surface area contributed by atoms with Crippen molar-refractivity contribution in [3.8, 4) is 11.4 Å². The van der Waals surface area contributed by atoms with Crippen LogP contribution in [0.1, 0.15) is 18.0 Å². The maximum absolute atomic E-state index is 12.7. The fourth-order valence-corrected chi connectivity index (χ4v) is 2.29. The van der Waals surface area contributed by atoms with Crippen molar-refractivity contribution in [3.63, 3.8) is 0 Å². The summed E-state index contributed by atoms with van der Waals surface area (Å²) in [6, 6.07) is 5.08. The quantitative estimate of drug-likeness (QED) is 0.677. The minimum absolute atomic E-state index is 0.139. The third-order valence-electron chi connectivity index (χ3n) is 3.43. The number of esters is 1. The number of nitrogens with two attached hydrogens (primary N) is 1. The number of nitrogens with zero attached hydrogens (tertiary/aromatic N) is 2. The number of alkyl halides is 2. The van der Waals surface area contributed by atoms with Crippen molar-refractivity contribution in [2.24, 2.45) is 5.73 Å². The van der Waals surface area contributed by atoms with Gasteiger partial charge in [-0.3, -0.25) is 9.59 Å². The van der Waals surface area contributed by atoms with Crippen LogP contribution in [0.3, 0.4) is 0 Å². The number of ether oxygens (including phenoxy) is 2. The molecule has 0 unspecified atom stereocenters. The average Bonchev–Trinajstić information content (AvgIpc) is 3.14. The summed E-state index contributed by atoms with van der Waals surface area (Å²) in [5.74, 6) is -1.24. The van der Waals surface area contributed by atoms with E-state index in [1.54, 1.807) is 18.3 Å². The second kappa shape index (κ2) is 8.90. The molecular weight excluding hydrogens is 350 g/mol. The molecule has 1 amide bonds. The van der Waals surface area contributed by atoms with Gasteiger partial charge >= 0.3 is 12.6 Å². The zero-order valence-corrected chi connectivity index (χ0v) is 13.9. The second-order valence-electron chi connectivity index (χ2n) is 5.19. The number of carbonyl (C=O) groups excluding carboxylic acids is 2. The SMILES string of the molecule is COC(=O)C[C@H](NC(=O)CN)c1cc(OC(F)F)cc(-n2cccn2)c1. The molecule has 0 aliphatic heterocycles. The number of hydrogen-bond donors (Lipinski definition) is 2. The molecule has 0 aliphatic carbocycles. The molecule has 0 saturated carbocycles. The summed E-state index contributed by atoms with van der Waals surface area (Å²) in [6.07, 6.45) is 2.92. The molecule has 1 atom stereocenters. The van der Waals surface area contributed by atoms with E-state index in [4.69, 9.17) is 5.73 Å². The van der Waals surface area contributed by atoms with Gasteiger partial charge in [-0.25, -0.2) is 4.68 Å². The van der Waals surface area contributed by atoms with E-state index < -0.39 is 24.5 Å². The molecule has 0 radical (unpaired) electrons. The molecule has 1 heterocycles. The Labute approximate surface area is 147 Å². The molecule has 1 aromatic heterocycles. The van der Waals surface area contributed by atoms with Crippen LogP contribution in [0.5, 0.6) is 5.75 Å². The maximum Gasteiger partial charge on any atom is 0.387 e. The van der Waals surface area contributed by atoms with Crippen molar-refractivity contribution in [3.05, 3.63) is 42.2 Å². The molecular formula is C16H18F2N4O4. The molecule has 0 fully saturated rings. The fraction of sp³-hybridized carbons (Fsp3) is 0.312. The predicted molar refractivity (Wildman–Crippen MR) is 86.8 cm³/mol. The summed E-state index contributed by atoms with van der Waals surface area (Å²) < 4.78 is 35.8. The van der Waals surface area contributed by atoms with Crippen molar-refractivity contribution in [2.75, 3.05) is 13.7 Å². The molecule has 0 bridgehead atoms. The Morgan fingerprint density at radius 2 is 2.12 bits per heavy atom. The van der Waals surface area contributed by atoms with Crippen LogP contribution >= 0.6 is 0 Å². The molecule has 2 rings (SSSR count). The Bertz CT molecular complexity index is 735. The maximum atomic E-state index is 12.7. The Kier molecular flexibility index (Phi) is 6.61. The highest BCUT2D eigenvalue weighted by Crippen LogP contribution is 2.27. The van der Waals surface area contributed by atoms with Crippen LogP contribution < -0.4 is 15.8 Å². The lowest BCUT2D eigenvalue weighted by Crippen LogP contribution is -2.35. The van der Waals surface area contributed by atoms with Crippen LogP contribution in [0, 0.1) is 0 Å². The zero-order valence-electron chi connectivity index (χ0n) is 13.9. The number of benzene rings is 1. The molecule has 140 valence electrons. The smallest absolute Gasteiger partial charge is 0.387 e. The van der Waals surface area contributed by atoms with Gasteiger partial charge in [0.2, 0.25) is 5.91 Å². The molecule has 0 saturated heterocycles. The van der Waals surface area contributed by atoms with Crippen molar-refractivity contribution >= 4 is 11.9 Å². The largest absolute Gasteiger partial charge is 0.469 e. The van der Waals surface area contributed by atoms with Gasteiger partial charge in [0, 0.05) is 18.5 Å². The molecule has 1 aromatic carbocycles. The number of carbonyl (C=O) groups is 2. The Morgan fingerprint density at radius 3 is 2.69 bits per heavy atom. The van der Waals surface area contributed by atoms with Gasteiger partial charge in [0.1, 0.15) is 5.75 Å². The van der Waals surface area contributed by atoms with E-state index in [1.165, 1.54) is 30.1 Å². The van der Waals surface area contributed by atoms with E-state index >= 15 is 0 Å². The zero-order chi connectivity index (χ0) is 19.1. The summed E-state index contributed by atoms with van der Waals surface area (Å²) in [4.78, 5) is 23.4. The molecule has 0 aliphatic rings. The number of hydrogen-bond acceptors (Lipinski definition) is 6. The first-order valence-corrected chi connectivity index (χ1v) is 7.59. The van der Waals surface area contributed by atoms with E-state index in [9.17, 15) is 18.4 Å². The molecule has 0 spiro atoms. The van der Waals surface area contributed by atoms with Crippen LogP contribution in [0.2, 0.25) is 0 Å². The van der Waals surface area contributed by atoms with Gasteiger partial charge in [-0.1, -0.05) is 0 Å². The van der Waals surface area contributed by atoms with E-state index in [0.717, 1.165) is 0 Å². The minimum atomic E-state index is -3.03. The van der Waals surface area contributed by atoms with Gasteiger partial charge < -0.3 is 20.5 Å². The summed E-state index contributed by atoms with van der Waals surface area (Å²) in [5.41, 5.74) is 6.08. The van der Waals surface area contributed by atoms with Gasteiger partial charge in [-0.05, 0) is 23.8 Å². The molecule has 8 nitrogen and oxygen atoms in total. The Hall–Kier alpha value is -3.01. The number of rotatable bonds is 8. The monoisotopic (exact) mass is 368 g/mol. The first-order valence-electron chi connectivity index (χ1n) is 7.59. The molecule has 10 heteroatoms. The predicted octanol–water partition coefficient (Wildman–Crippen LogP) is 1.15. The fourth-order valence-electron chi connectivity index (χ4n) is 2.29. The van der Waals surface area contributed by atoms with Gasteiger partial charge in [-0.15, -0.1) is 0 Å².